The van der Waals surface area contributed by atoms with E-state index < -0.39 is 0 Å². The number of carbonyl (C=O) groups excluding carboxylic acids is 2. The molecule has 30 heavy (non-hydrogen) atoms. The molecule has 0 radical (unpaired) electrons. The summed E-state index contributed by atoms with van der Waals surface area (Å²) in [5.74, 6) is -0.211. The standard InChI is InChI=1S/C25H26N2O2S/c1-16-8-10-20(11-9-16)25(29)26-21-6-5-7-23(15-21)30-19(4)24(28)27-22-13-17(2)12-18(3)14-22/h5-15,19H,1-4H3,(H,26,29)(H,27,28). The van der Waals surface area contributed by atoms with Gasteiger partial charge in [-0.15, -0.1) is 11.8 Å². The van der Waals surface area contributed by atoms with Gasteiger partial charge in [-0.2, -0.15) is 0 Å². The molecule has 0 heterocycles. The van der Waals surface area contributed by atoms with Gasteiger partial charge in [0.05, 0.1) is 5.25 Å². The highest BCUT2D eigenvalue weighted by Crippen LogP contribution is 2.27. The molecule has 0 aliphatic rings. The number of aryl methyl sites for hydroxylation is 3. The second kappa shape index (κ2) is 9.63. The Balaban J connectivity index is 1.63. The number of nitrogens with one attached hydrogen (secondary N) is 2. The molecular formula is C25H26N2O2S. The van der Waals surface area contributed by atoms with Crippen LogP contribution < -0.4 is 10.6 Å². The predicted molar refractivity (Wildman–Crippen MR) is 125 cm³/mol. The Labute approximate surface area is 182 Å². The Bertz CT molecular complexity index is 1040. The minimum absolute atomic E-state index is 0.0564. The third-order valence-electron chi connectivity index (χ3n) is 4.58. The molecule has 0 aliphatic carbocycles. The van der Waals surface area contributed by atoms with Crippen LogP contribution in [-0.2, 0) is 4.79 Å². The van der Waals surface area contributed by atoms with E-state index >= 15 is 0 Å². The lowest BCUT2D eigenvalue weighted by Gasteiger charge is -2.14. The second-order valence-electron chi connectivity index (χ2n) is 7.47. The third kappa shape index (κ3) is 5.97. The first-order chi connectivity index (χ1) is 14.3. The number of amides is 2. The van der Waals surface area contributed by atoms with Crippen LogP contribution in [-0.4, -0.2) is 17.1 Å². The number of anilines is 2. The fraction of sp³-hybridized carbons (Fsp3) is 0.200. The van der Waals surface area contributed by atoms with E-state index in [0.29, 0.717) is 11.3 Å². The maximum Gasteiger partial charge on any atom is 0.255 e. The minimum Gasteiger partial charge on any atom is -0.325 e. The van der Waals surface area contributed by atoms with Crippen LogP contribution in [0.2, 0.25) is 0 Å². The lowest BCUT2D eigenvalue weighted by atomic mass is 10.1. The van der Waals surface area contributed by atoms with E-state index in [1.54, 1.807) is 0 Å². The molecule has 0 saturated carbocycles. The molecule has 2 N–H and O–H groups in total. The van der Waals surface area contributed by atoms with Gasteiger partial charge in [0, 0.05) is 21.8 Å². The van der Waals surface area contributed by atoms with Crippen LogP contribution in [0.1, 0.15) is 34.0 Å². The maximum atomic E-state index is 12.6. The molecule has 2 amide bonds. The zero-order valence-electron chi connectivity index (χ0n) is 17.7. The smallest absolute Gasteiger partial charge is 0.255 e. The summed E-state index contributed by atoms with van der Waals surface area (Å²) in [5.41, 5.74) is 5.46. The quantitative estimate of drug-likeness (QED) is 0.484. The number of hydrogen-bond donors (Lipinski definition) is 2. The second-order valence-corrected chi connectivity index (χ2v) is 8.89. The Kier molecular flexibility index (Phi) is 6.95. The molecule has 1 atom stereocenters. The monoisotopic (exact) mass is 418 g/mol. The van der Waals surface area contributed by atoms with Crippen LogP contribution in [0.5, 0.6) is 0 Å². The van der Waals surface area contributed by atoms with Crippen molar-refractivity contribution in [3.8, 4) is 0 Å². The van der Waals surface area contributed by atoms with Crippen LogP contribution in [0.25, 0.3) is 0 Å². The van der Waals surface area contributed by atoms with Crippen molar-refractivity contribution in [1.82, 2.24) is 0 Å². The Morgan fingerprint density at radius 2 is 1.43 bits per heavy atom. The molecule has 0 saturated heterocycles. The number of benzene rings is 3. The zero-order chi connectivity index (χ0) is 21.7. The Hall–Kier alpha value is -3.05. The van der Waals surface area contributed by atoms with Crippen molar-refractivity contribution in [2.75, 3.05) is 10.6 Å². The highest BCUT2D eigenvalue weighted by atomic mass is 32.2. The Morgan fingerprint density at radius 1 is 0.767 bits per heavy atom. The summed E-state index contributed by atoms with van der Waals surface area (Å²) in [4.78, 5) is 26.0. The maximum absolute atomic E-state index is 12.6. The van der Waals surface area contributed by atoms with Crippen molar-refractivity contribution in [3.05, 3.63) is 89.0 Å². The first-order valence-corrected chi connectivity index (χ1v) is 10.7. The molecule has 5 heteroatoms. The molecule has 154 valence electrons. The number of thioether (sulfide) groups is 1. The van der Waals surface area contributed by atoms with Gasteiger partial charge < -0.3 is 10.6 Å². The van der Waals surface area contributed by atoms with Crippen molar-refractivity contribution in [1.29, 1.82) is 0 Å². The summed E-state index contributed by atoms with van der Waals surface area (Å²) in [6.07, 6.45) is 0. The molecule has 1 unspecified atom stereocenters. The number of rotatable bonds is 6. The van der Waals surface area contributed by atoms with Crippen molar-refractivity contribution in [2.24, 2.45) is 0 Å². The highest BCUT2D eigenvalue weighted by Gasteiger charge is 2.15. The average Bonchev–Trinajstić information content (AvgIpc) is 2.68. The van der Waals surface area contributed by atoms with E-state index in [-0.39, 0.29) is 17.1 Å². The molecule has 0 spiro atoms. The van der Waals surface area contributed by atoms with Crippen molar-refractivity contribution in [3.63, 3.8) is 0 Å². The predicted octanol–water partition coefficient (Wildman–Crippen LogP) is 5.98. The summed E-state index contributed by atoms with van der Waals surface area (Å²) in [7, 11) is 0. The third-order valence-corrected chi connectivity index (χ3v) is 5.67. The summed E-state index contributed by atoms with van der Waals surface area (Å²) in [6.45, 7) is 7.88. The van der Waals surface area contributed by atoms with Crippen LogP contribution in [0, 0.1) is 20.8 Å². The van der Waals surface area contributed by atoms with E-state index in [4.69, 9.17) is 0 Å². The van der Waals surface area contributed by atoms with Gasteiger partial charge in [-0.1, -0.05) is 29.8 Å². The molecule has 3 rings (SSSR count). The van der Waals surface area contributed by atoms with E-state index in [2.05, 4.69) is 16.7 Å². The van der Waals surface area contributed by atoms with Gasteiger partial charge in [-0.3, -0.25) is 9.59 Å². The summed E-state index contributed by atoms with van der Waals surface area (Å²) < 4.78 is 0. The van der Waals surface area contributed by atoms with Crippen LogP contribution in [0.15, 0.2) is 71.6 Å². The molecule has 0 aromatic heterocycles. The minimum atomic E-state index is -0.283. The first kappa shape index (κ1) is 21.7. The topological polar surface area (TPSA) is 58.2 Å². The molecule has 3 aromatic rings. The summed E-state index contributed by atoms with van der Waals surface area (Å²) in [5, 5.41) is 5.62. The molecule has 0 aliphatic heterocycles. The zero-order valence-corrected chi connectivity index (χ0v) is 18.5. The summed E-state index contributed by atoms with van der Waals surface area (Å²) >= 11 is 1.45. The van der Waals surface area contributed by atoms with Crippen LogP contribution in [0.3, 0.4) is 0 Å². The van der Waals surface area contributed by atoms with Crippen molar-refractivity contribution >= 4 is 35.0 Å². The fourth-order valence-corrected chi connectivity index (χ4v) is 4.03. The fourth-order valence-electron chi connectivity index (χ4n) is 3.10. The largest absolute Gasteiger partial charge is 0.325 e. The molecule has 4 nitrogen and oxygen atoms in total. The van der Waals surface area contributed by atoms with E-state index in [9.17, 15) is 9.59 Å². The van der Waals surface area contributed by atoms with Crippen LogP contribution in [0.4, 0.5) is 11.4 Å². The number of carbonyl (C=O) groups is 2. The van der Waals surface area contributed by atoms with Gasteiger partial charge >= 0.3 is 0 Å². The van der Waals surface area contributed by atoms with Crippen molar-refractivity contribution < 1.29 is 9.59 Å². The summed E-state index contributed by atoms with van der Waals surface area (Å²) in [6, 6.07) is 21.0. The lowest BCUT2D eigenvalue weighted by Crippen LogP contribution is -2.22. The molecule has 0 fully saturated rings. The van der Waals surface area contributed by atoms with Gasteiger partial charge in [-0.05, 0) is 81.3 Å². The first-order valence-electron chi connectivity index (χ1n) is 9.84. The van der Waals surface area contributed by atoms with E-state index in [0.717, 1.165) is 27.3 Å². The van der Waals surface area contributed by atoms with Gasteiger partial charge in [-0.25, -0.2) is 0 Å². The molecule has 0 bridgehead atoms. The van der Waals surface area contributed by atoms with Gasteiger partial charge in [0.25, 0.3) is 5.91 Å². The molecule has 3 aromatic carbocycles. The normalized spacial score (nSPS) is 11.6. The highest BCUT2D eigenvalue weighted by molar-refractivity contribution is 8.00. The van der Waals surface area contributed by atoms with Gasteiger partial charge in [0.15, 0.2) is 0 Å². The van der Waals surface area contributed by atoms with Gasteiger partial charge in [0.1, 0.15) is 0 Å². The Morgan fingerprint density at radius 3 is 2.10 bits per heavy atom. The lowest BCUT2D eigenvalue weighted by molar-refractivity contribution is -0.115. The number of hydrogen-bond acceptors (Lipinski definition) is 3. The average molecular weight is 419 g/mol. The molecular weight excluding hydrogens is 392 g/mol. The van der Waals surface area contributed by atoms with E-state index in [1.807, 2.05) is 88.4 Å². The van der Waals surface area contributed by atoms with Crippen LogP contribution >= 0.6 is 11.8 Å². The van der Waals surface area contributed by atoms with E-state index in [1.165, 1.54) is 11.8 Å². The SMILES string of the molecule is Cc1ccc(C(=O)Nc2cccc(SC(C)C(=O)Nc3cc(C)cc(C)c3)c2)cc1. The van der Waals surface area contributed by atoms with Gasteiger partial charge in [0.2, 0.25) is 5.91 Å². The van der Waals surface area contributed by atoms with Crippen molar-refractivity contribution in [2.45, 2.75) is 37.8 Å².